The van der Waals surface area contributed by atoms with Crippen molar-refractivity contribution in [3.63, 3.8) is 0 Å². The highest BCUT2D eigenvalue weighted by Crippen LogP contribution is 2.16. The standard InChI is InChI=1S/C14H18N4O/c1-3-11(10-8-6-5-7-9-10)15-14(19)13-16-12(4-2)17-18-13/h5-9,11H,3-4H2,1-2H3,(H,15,19)(H,16,17,18). The molecule has 5 nitrogen and oxygen atoms in total. The first kappa shape index (κ1) is 13.3. The average molecular weight is 258 g/mol. The van der Waals surface area contributed by atoms with Crippen molar-refractivity contribution < 1.29 is 4.79 Å². The van der Waals surface area contributed by atoms with Crippen molar-refractivity contribution in [1.29, 1.82) is 0 Å². The molecule has 0 aliphatic heterocycles. The van der Waals surface area contributed by atoms with Gasteiger partial charge in [0.2, 0.25) is 5.82 Å². The van der Waals surface area contributed by atoms with Crippen LogP contribution in [-0.2, 0) is 6.42 Å². The van der Waals surface area contributed by atoms with E-state index in [0.29, 0.717) is 0 Å². The summed E-state index contributed by atoms with van der Waals surface area (Å²) in [5, 5.41) is 9.62. The lowest BCUT2D eigenvalue weighted by Gasteiger charge is -2.16. The van der Waals surface area contributed by atoms with Crippen LogP contribution in [0.4, 0.5) is 0 Å². The van der Waals surface area contributed by atoms with Gasteiger partial charge < -0.3 is 5.32 Å². The number of benzene rings is 1. The van der Waals surface area contributed by atoms with Crippen LogP contribution in [0, 0.1) is 0 Å². The highest BCUT2D eigenvalue weighted by Gasteiger charge is 2.17. The van der Waals surface area contributed by atoms with Crippen molar-refractivity contribution in [3.05, 3.63) is 47.5 Å². The van der Waals surface area contributed by atoms with Gasteiger partial charge in [-0.2, -0.15) is 0 Å². The lowest BCUT2D eigenvalue weighted by molar-refractivity contribution is 0.0925. The van der Waals surface area contributed by atoms with E-state index in [9.17, 15) is 4.79 Å². The van der Waals surface area contributed by atoms with Crippen molar-refractivity contribution in [2.24, 2.45) is 0 Å². The van der Waals surface area contributed by atoms with Gasteiger partial charge in [0, 0.05) is 6.42 Å². The molecule has 0 aliphatic rings. The van der Waals surface area contributed by atoms with Crippen LogP contribution in [0.25, 0.3) is 0 Å². The molecular weight excluding hydrogens is 240 g/mol. The minimum Gasteiger partial charge on any atom is -0.342 e. The van der Waals surface area contributed by atoms with Gasteiger partial charge in [-0.1, -0.05) is 44.2 Å². The van der Waals surface area contributed by atoms with E-state index >= 15 is 0 Å². The molecule has 100 valence electrons. The molecule has 1 atom stereocenters. The van der Waals surface area contributed by atoms with Crippen LogP contribution >= 0.6 is 0 Å². The lowest BCUT2D eigenvalue weighted by Crippen LogP contribution is -2.29. The van der Waals surface area contributed by atoms with E-state index < -0.39 is 0 Å². The summed E-state index contributed by atoms with van der Waals surface area (Å²) in [6, 6.07) is 9.88. The van der Waals surface area contributed by atoms with Gasteiger partial charge in [0.05, 0.1) is 6.04 Å². The predicted molar refractivity (Wildman–Crippen MR) is 72.7 cm³/mol. The first-order valence-corrected chi connectivity index (χ1v) is 6.51. The van der Waals surface area contributed by atoms with Gasteiger partial charge in [-0.3, -0.25) is 9.89 Å². The maximum Gasteiger partial charge on any atom is 0.291 e. The Hall–Kier alpha value is -2.17. The van der Waals surface area contributed by atoms with Crippen LogP contribution in [0.15, 0.2) is 30.3 Å². The van der Waals surface area contributed by atoms with Gasteiger partial charge in [0.15, 0.2) is 0 Å². The number of hydrogen-bond donors (Lipinski definition) is 2. The number of aromatic amines is 1. The Bertz CT molecular complexity index is 535. The summed E-state index contributed by atoms with van der Waals surface area (Å²) in [7, 11) is 0. The number of carbonyl (C=O) groups is 1. The van der Waals surface area contributed by atoms with Crippen molar-refractivity contribution in [1.82, 2.24) is 20.5 Å². The third-order valence-electron chi connectivity index (χ3n) is 2.99. The maximum absolute atomic E-state index is 12.1. The fourth-order valence-electron chi connectivity index (χ4n) is 1.88. The van der Waals surface area contributed by atoms with Crippen LogP contribution < -0.4 is 5.32 Å². The first-order chi connectivity index (χ1) is 9.24. The molecule has 0 aliphatic carbocycles. The molecule has 1 aromatic heterocycles. The fourth-order valence-corrected chi connectivity index (χ4v) is 1.88. The minimum absolute atomic E-state index is 0.0164. The molecule has 5 heteroatoms. The molecule has 0 fully saturated rings. The zero-order valence-electron chi connectivity index (χ0n) is 11.2. The molecule has 1 unspecified atom stereocenters. The number of carbonyl (C=O) groups excluding carboxylic acids is 1. The smallest absolute Gasteiger partial charge is 0.291 e. The number of nitrogens with zero attached hydrogens (tertiary/aromatic N) is 2. The van der Waals surface area contributed by atoms with Gasteiger partial charge in [-0.25, -0.2) is 4.98 Å². The minimum atomic E-state index is -0.244. The summed E-state index contributed by atoms with van der Waals surface area (Å²) in [6.45, 7) is 3.99. The zero-order chi connectivity index (χ0) is 13.7. The Kier molecular flexibility index (Phi) is 4.28. The summed E-state index contributed by atoms with van der Waals surface area (Å²) < 4.78 is 0. The van der Waals surface area contributed by atoms with Gasteiger partial charge >= 0.3 is 0 Å². The molecule has 0 bridgehead atoms. The van der Waals surface area contributed by atoms with Crippen LogP contribution in [0.5, 0.6) is 0 Å². The van der Waals surface area contributed by atoms with E-state index in [2.05, 4.69) is 20.5 Å². The molecule has 1 amide bonds. The van der Waals surface area contributed by atoms with Crippen molar-refractivity contribution >= 4 is 5.91 Å². The first-order valence-electron chi connectivity index (χ1n) is 6.51. The van der Waals surface area contributed by atoms with E-state index in [-0.39, 0.29) is 17.8 Å². The van der Waals surface area contributed by atoms with Gasteiger partial charge in [-0.05, 0) is 12.0 Å². The Labute approximate surface area is 112 Å². The monoisotopic (exact) mass is 258 g/mol. The molecule has 1 aromatic carbocycles. The fraction of sp³-hybridized carbons (Fsp3) is 0.357. The second kappa shape index (κ2) is 6.13. The number of rotatable bonds is 5. The Balaban J connectivity index is 2.08. The summed E-state index contributed by atoms with van der Waals surface area (Å²) >= 11 is 0. The molecule has 2 N–H and O–H groups in total. The van der Waals surface area contributed by atoms with Crippen molar-refractivity contribution in [2.45, 2.75) is 32.7 Å². The highest BCUT2D eigenvalue weighted by atomic mass is 16.2. The predicted octanol–water partition coefficient (Wildman–Crippen LogP) is 2.25. The number of aryl methyl sites for hydroxylation is 1. The quantitative estimate of drug-likeness (QED) is 0.864. The van der Waals surface area contributed by atoms with E-state index in [4.69, 9.17) is 0 Å². The summed E-state index contributed by atoms with van der Waals surface area (Å²) in [5.74, 6) is 0.677. The number of H-pyrrole nitrogens is 1. The van der Waals surface area contributed by atoms with Crippen LogP contribution in [-0.4, -0.2) is 21.1 Å². The number of amides is 1. The maximum atomic E-state index is 12.1. The SMILES string of the molecule is CCc1nc(C(=O)NC(CC)c2ccccc2)n[nH]1. The topological polar surface area (TPSA) is 70.7 Å². The molecule has 1 heterocycles. The molecule has 0 saturated heterocycles. The second-order valence-electron chi connectivity index (χ2n) is 4.30. The Morgan fingerprint density at radius 2 is 2.05 bits per heavy atom. The third-order valence-corrected chi connectivity index (χ3v) is 2.99. The van der Waals surface area contributed by atoms with Gasteiger partial charge in [0.25, 0.3) is 5.91 Å². The van der Waals surface area contributed by atoms with Crippen molar-refractivity contribution in [3.8, 4) is 0 Å². The molecule has 0 radical (unpaired) electrons. The highest BCUT2D eigenvalue weighted by molar-refractivity contribution is 5.90. The van der Waals surface area contributed by atoms with Crippen LogP contribution in [0.2, 0.25) is 0 Å². The van der Waals surface area contributed by atoms with E-state index in [1.807, 2.05) is 44.2 Å². The number of nitrogens with one attached hydrogen (secondary N) is 2. The third kappa shape index (κ3) is 3.19. The van der Waals surface area contributed by atoms with Crippen LogP contribution in [0.1, 0.15) is 48.3 Å². The van der Waals surface area contributed by atoms with E-state index in [1.54, 1.807) is 0 Å². The van der Waals surface area contributed by atoms with Gasteiger partial charge in [-0.15, -0.1) is 5.10 Å². The van der Waals surface area contributed by atoms with E-state index in [1.165, 1.54) is 0 Å². The molecular formula is C14H18N4O. The number of aromatic nitrogens is 3. The molecule has 19 heavy (non-hydrogen) atoms. The average Bonchev–Trinajstić information content (AvgIpc) is 2.94. The normalized spacial score (nSPS) is 12.1. The van der Waals surface area contributed by atoms with Crippen molar-refractivity contribution in [2.75, 3.05) is 0 Å². The second-order valence-corrected chi connectivity index (χ2v) is 4.30. The van der Waals surface area contributed by atoms with Gasteiger partial charge in [0.1, 0.15) is 5.82 Å². The van der Waals surface area contributed by atoms with E-state index in [0.717, 1.165) is 24.2 Å². The zero-order valence-corrected chi connectivity index (χ0v) is 11.2. The molecule has 0 spiro atoms. The van der Waals surface area contributed by atoms with Crippen LogP contribution in [0.3, 0.4) is 0 Å². The lowest BCUT2D eigenvalue weighted by atomic mass is 10.0. The number of hydrogen-bond acceptors (Lipinski definition) is 3. The Morgan fingerprint density at radius 3 is 2.63 bits per heavy atom. The largest absolute Gasteiger partial charge is 0.342 e. The molecule has 0 saturated carbocycles. The summed E-state index contributed by atoms with van der Waals surface area (Å²) in [6.07, 6.45) is 1.55. The Morgan fingerprint density at radius 1 is 1.32 bits per heavy atom. The summed E-state index contributed by atoms with van der Waals surface area (Å²) in [4.78, 5) is 16.2. The molecule has 2 aromatic rings. The summed E-state index contributed by atoms with van der Waals surface area (Å²) in [5.41, 5.74) is 1.09. The molecule has 2 rings (SSSR count).